The van der Waals surface area contributed by atoms with E-state index in [9.17, 15) is 0 Å². The molecule has 1 aromatic rings. The van der Waals surface area contributed by atoms with Crippen LogP contribution in [0.5, 0.6) is 0 Å². The number of likely N-dealkylation sites (tertiary alicyclic amines) is 1. The summed E-state index contributed by atoms with van der Waals surface area (Å²) in [4.78, 5) is 9.26. The van der Waals surface area contributed by atoms with Gasteiger partial charge in [0.2, 0.25) is 0 Å². The van der Waals surface area contributed by atoms with Gasteiger partial charge in [-0.2, -0.15) is 0 Å². The van der Waals surface area contributed by atoms with Crippen LogP contribution >= 0.6 is 0 Å². The van der Waals surface area contributed by atoms with Gasteiger partial charge in [-0.05, 0) is 50.5 Å². The van der Waals surface area contributed by atoms with Crippen LogP contribution in [0.3, 0.4) is 0 Å². The quantitative estimate of drug-likeness (QED) is 0.790. The Balaban J connectivity index is 1.85. The van der Waals surface area contributed by atoms with E-state index in [-0.39, 0.29) is 0 Å². The maximum atomic E-state index is 5.11. The predicted octanol–water partition coefficient (Wildman–Crippen LogP) is 1.60. The monoisotopic (exact) mass is 306 g/mol. The van der Waals surface area contributed by atoms with Gasteiger partial charge >= 0.3 is 0 Å². The van der Waals surface area contributed by atoms with Crippen LogP contribution in [0.1, 0.15) is 18.4 Å². The zero-order valence-electron chi connectivity index (χ0n) is 14.2. The van der Waals surface area contributed by atoms with Gasteiger partial charge in [0, 0.05) is 40.0 Å². The largest absolute Gasteiger partial charge is 0.383 e. The Bertz CT molecular complexity index is 421. The Morgan fingerprint density at radius 2 is 2.32 bits per heavy atom. The van der Waals surface area contributed by atoms with Crippen LogP contribution in [-0.4, -0.2) is 63.9 Å². The molecule has 5 nitrogen and oxygen atoms in total. The summed E-state index contributed by atoms with van der Waals surface area (Å²) < 4.78 is 5.11. The van der Waals surface area contributed by atoms with Crippen molar-refractivity contribution in [1.82, 2.24) is 15.2 Å². The first-order chi connectivity index (χ1) is 10.7. The molecule has 0 aromatic carbocycles. The standard InChI is InChI=1S/C17H30N4O/c1-18-11-15-5-4-8-21(13-15)14-16-6-7-17(19-12-16)20(2)9-10-22-3/h6-7,12,15,18H,4-5,8-11,13-14H2,1-3H3. The smallest absolute Gasteiger partial charge is 0.128 e. The molecular weight excluding hydrogens is 276 g/mol. The van der Waals surface area contributed by atoms with E-state index in [1.54, 1.807) is 7.11 Å². The molecule has 1 N–H and O–H groups in total. The zero-order valence-corrected chi connectivity index (χ0v) is 14.2. The Labute approximate surface area is 134 Å². The molecule has 0 bridgehead atoms. The van der Waals surface area contributed by atoms with Crippen molar-refractivity contribution in [2.24, 2.45) is 5.92 Å². The molecule has 124 valence electrons. The highest BCUT2D eigenvalue weighted by molar-refractivity contribution is 5.38. The van der Waals surface area contributed by atoms with Crippen molar-refractivity contribution in [1.29, 1.82) is 0 Å². The molecule has 1 saturated heterocycles. The predicted molar refractivity (Wildman–Crippen MR) is 91.3 cm³/mol. The van der Waals surface area contributed by atoms with E-state index in [0.29, 0.717) is 0 Å². The fourth-order valence-corrected chi connectivity index (χ4v) is 3.09. The number of aromatic nitrogens is 1. The van der Waals surface area contributed by atoms with Gasteiger partial charge in [-0.25, -0.2) is 4.98 Å². The van der Waals surface area contributed by atoms with Crippen molar-refractivity contribution in [2.45, 2.75) is 19.4 Å². The third-order valence-corrected chi connectivity index (χ3v) is 4.33. The molecule has 1 atom stereocenters. The Hall–Kier alpha value is -1.17. The molecule has 0 radical (unpaired) electrons. The number of nitrogens with zero attached hydrogens (tertiary/aromatic N) is 3. The summed E-state index contributed by atoms with van der Waals surface area (Å²) >= 11 is 0. The van der Waals surface area contributed by atoms with E-state index < -0.39 is 0 Å². The molecule has 0 amide bonds. The second kappa shape index (κ2) is 9.08. The van der Waals surface area contributed by atoms with Crippen molar-refractivity contribution in [2.75, 3.05) is 58.9 Å². The molecule has 5 heteroatoms. The van der Waals surface area contributed by atoms with E-state index in [2.05, 4.69) is 32.2 Å². The fourth-order valence-electron chi connectivity index (χ4n) is 3.09. The summed E-state index contributed by atoms with van der Waals surface area (Å²) in [5, 5.41) is 3.30. The van der Waals surface area contributed by atoms with Crippen LogP contribution in [0.15, 0.2) is 18.3 Å². The molecule has 0 spiro atoms. The lowest BCUT2D eigenvalue weighted by Crippen LogP contribution is -2.38. The molecule has 1 fully saturated rings. The van der Waals surface area contributed by atoms with E-state index >= 15 is 0 Å². The van der Waals surface area contributed by atoms with E-state index in [0.717, 1.165) is 38.0 Å². The van der Waals surface area contributed by atoms with Crippen molar-refractivity contribution in [3.63, 3.8) is 0 Å². The zero-order chi connectivity index (χ0) is 15.8. The second-order valence-electron chi connectivity index (χ2n) is 6.24. The average molecular weight is 306 g/mol. The minimum Gasteiger partial charge on any atom is -0.383 e. The number of pyridine rings is 1. The summed E-state index contributed by atoms with van der Waals surface area (Å²) in [5.74, 6) is 1.79. The fraction of sp³-hybridized carbons (Fsp3) is 0.706. The first-order valence-corrected chi connectivity index (χ1v) is 8.25. The SMILES string of the molecule is CNCC1CCCN(Cc2ccc(N(C)CCOC)nc2)C1. The third-order valence-electron chi connectivity index (χ3n) is 4.33. The van der Waals surface area contributed by atoms with Crippen LogP contribution in [0.2, 0.25) is 0 Å². The average Bonchev–Trinajstić information content (AvgIpc) is 2.54. The van der Waals surface area contributed by atoms with Gasteiger partial charge in [-0.15, -0.1) is 0 Å². The normalized spacial score (nSPS) is 19.3. The Morgan fingerprint density at radius 1 is 1.45 bits per heavy atom. The molecule has 1 aliphatic rings. The molecule has 1 aliphatic heterocycles. The lowest BCUT2D eigenvalue weighted by molar-refractivity contribution is 0.166. The number of methoxy groups -OCH3 is 1. The molecule has 2 rings (SSSR count). The van der Waals surface area contributed by atoms with E-state index in [1.165, 1.54) is 31.5 Å². The molecule has 0 aliphatic carbocycles. The summed E-state index contributed by atoms with van der Waals surface area (Å²) in [7, 11) is 5.82. The molecule has 22 heavy (non-hydrogen) atoms. The number of likely N-dealkylation sites (N-methyl/N-ethyl adjacent to an activating group) is 1. The minimum atomic E-state index is 0.723. The number of piperidine rings is 1. The number of hydrogen-bond acceptors (Lipinski definition) is 5. The first-order valence-electron chi connectivity index (χ1n) is 8.25. The van der Waals surface area contributed by atoms with Crippen LogP contribution in [0.4, 0.5) is 5.82 Å². The third kappa shape index (κ3) is 5.23. The van der Waals surface area contributed by atoms with Crippen molar-refractivity contribution in [3.8, 4) is 0 Å². The maximum Gasteiger partial charge on any atom is 0.128 e. The van der Waals surface area contributed by atoms with E-state index in [4.69, 9.17) is 4.74 Å². The van der Waals surface area contributed by atoms with Gasteiger partial charge in [-0.3, -0.25) is 4.90 Å². The van der Waals surface area contributed by atoms with Crippen LogP contribution in [0, 0.1) is 5.92 Å². The summed E-state index contributed by atoms with van der Waals surface area (Å²) in [6.07, 6.45) is 4.66. The summed E-state index contributed by atoms with van der Waals surface area (Å²) in [6, 6.07) is 4.31. The molecule has 2 heterocycles. The second-order valence-corrected chi connectivity index (χ2v) is 6.24. The highest BCUT2D eigenvalue weighted by Gasteiger charge is 2.19. The minimum absolute atomic E-state index is 0.723. The van der Waals surface area contributed by atoms with Gasteiger partial charge in [0.15, 0.2) is 0 Å². The molecule has 1 unspecified atom stereocenters. The van der Waals surface area contributed by atoms with Gasteiger partial charge in [-0.1, -0.05) is 6.07 Å². The van der Waals surface area contributed by atoms with Crippen LogP contribution in [-0.2, 0) is 11.3 Å². The number of ether oxygens (including phenoxy) is 1. The van der Waals surface area contributed by atoms with Crippen molar-refractivity contribution >= 4 is 5.82 Å². The topological polar surface area (TPSA) is 40.6 Å². The maximum absolute atomic E-state index is 5.11. The van der Waals surface area contributed by atoms with Crippen molar-refractivity contribution < 1.29 is 4.74 Å². The van der Waals surface area contributed by atoms with Crippen molar-refractivity contribution in [3.05, 3.63) is 23.9 Å². The van der Waals surface area contributed by atoms with E-state index in [1.807, 2.05) is 20.3 Å². The highest BCUT2D eigenvalue weighted by atomic mass is 16.5. The lowest BCUT2D eigenvalue weighted by atomic mass is 9.98. The van der Waals surface area contributed by atoms with Crippen LogP contribution in [0.25, 0.3) is 0 Å². The van der Waals surface area contributed by atoms with Gasteiger partial charge in [0.05, 0.1) is 6.61 Å². The Morgan fingerprint density at radius 3 is 3.00 bits per heavy atom. The lowest BCUT2D eigenvalue weighted by Gasteiger charge is -2.32. The number of nitrogens with one attached hydrogen (secondary N) is 1. The molecule has 0 saturated carbocycles. The van der Waals surface area contributed by atoms with Crippen LogP contribution < -0.4 is 10.2 Å². The highest BCUT2D eigenvalue weighted by Crippen LogP contribution is 2.18. The first kappa shape index (κ1) is 17.2. The molecule has 1 aromatic heterocycles. The van der Waals surface area contributed by atoms with Gasteiger partial charge in [0.1, 0.15) is 5.82 Å². The molecular formula is C17H30N4O. The Kier molecular flexibility index (Phi) is 7.09. The van der Waals surface area contributed by atoms with Gasteiger partial charge in [0.25, 0.3) is 0 Å². The number of rotatable bonds is 8. The number of anilines is 1. The summed E-state index contributed by atoms with van der Waals surface area (Å²) in [6.45, 7) is 6.11. The van der Waals surface area contributed by atoms with Gasteiger partial charge < -0.3 is 15.0 Å². The number of hydrogen-bond donors (Lipinski definition) is 1. The summed E-state index contributed by atoms with van der Waals surface area (Å²) in [5.41, 5.74) is 1.30.